The standard InChI is InChI=1S/C22H33FN6.HI/c1-3-21-28-26-16-29(21)15-14-25-22(27-20-11-7-4-8-17(20)2)24-13-12-18-9-5-6-10-19(18)23;/h5-6,9-10,16-17,20H,3-4,7-8,11-15H2,1-2H3,(H2,24,25,27);1H. The second-order valence-corrected chi connectivity index (χ2v) is 7.81. The zero-order chi connectivity index (χ0) is 20.5. The van der Waals surface area contributed by atoms with E-state index < -0.39 is 0 Å². The average Bonchev–Trinajstić information content (AvgIpc) is 3.18. The van der Waals surface area contributed by atoms with Crippen LogP contribution >= 0.6 is 24.0 Å². The molecule has 1 aromatic heterocycles. The predicted octanol–water partition coefficient (Wildman–Crippen LogP) is 3.95. The summed E-state index contributed by atoms with van der Waals surface area (Å²) < 4.78 is 15.9. The first-order valence-corrected chi connectivity index (χ1v) is 10.8. The number of rotatable bonds is 8. The summed E-state index contributed by atoms with van der Waals surface area (Å²) in [6.45, 7) is 6.44. The lowest BCUT2D eigenvalue weighted by Crippen LogP contribution is -2.48. The van der Waals surface area contributed by atoms with Crippen molar-refractivity contribution in [2.24, 2.45) is 10.9 Å². The Morgan fingerprint density at radius 1 is 1.27 bits per heavy atom. The zero-order valence-corrected chi connectivity index (χ0v) is 20.3. The summed E-state index contributed by atoms with van der Waals surface area (Å²) in [6, 6.07) is 7.35. The molecule has 0 bridgehead atoms. The van der Waals surface area contributed by atoms with Crippen LogP contribution in [0, 0.1) is 11.7 Å². The normalized spacial score (nSPS) is 19.2. The van der Waals surface area contributed by atoms with Crippen molar-refractivity contribution in [3.8, 4) is 0 Å². The third-order valence-electron chi connectivity index (χ3n) is 5.70. The zero-order valence-electron chi connectivity index (χ0n) is 18.0. The van der Waals surface area contributed by atoms with Gasteiger partial charge in [-0.3, -0.25) is 4.99 Å². The number of aromatic nitrogens is 3. The lowest BCUT2D eigenvalue weighted by molar-refractivity contribution is 0.306. The van der Waals surface area contributed by atoms with E-state index in [1.807, 2.05) is 12.1 Å². The molecular weight excluding hydrogens is 494 g/mol. The molecule has 0 amide bonds. The average molecular weight is 528 g/mol. The molecule has 166 valence electrons. The number of hydrogen-bond acceptors (Lipinski definition) is 3. The largest absolute Gasteiger partial charge is 0.355 e. The molecule has 2 unspecified atom stereocenters. The van der Waals surface area contributed by atoms with Crippen LogP contribution in [0.4, 0.5) is 4.39 Å². The highest BCUT2D eigenvalue weighted by Crippen LogP contribution is 2.23. The number of halogens is 2. The van der Waals surface area contributed by atoms with Gasteiger partial charge in [0.2, 0.25) is 0 Å². The SMILES string of the molecule is CCc1nncn1CCNC(=NCCc1ccccc1F)NC1CCCCC1C.I. The van der Waals surface area contributed by atoms with Crippen LogP contribution in [0.3, 0.4) is 0 Å². The van der Waals surface area contributed by atoms with Crippen molar-refractivity contribution in [1.29, 1.82) is 0 Å². The number of hydrogen-bond donors (Lipinski definition) is 2. The molecule has 0 spiro atoms. The van der Waals surface area contributed by atoms with Gasteiger partial charge in [-0.05, 0) is 36.8 Å². The van der Waals surface area contributed by atoms with Crippen LogP contribution < -0.4 is 10.6 Å². The van der Waals surface area contributed by atoms with Gasteiger partial charge in [0.15, 0.2) is 5.96 Å². The third-order valence-corrected chi connectivity index (χ3v) is 5.70. The molecule has 8 heteroatoms. The highest BCUT2D eigenvalue weighted by Gasteiger charge is 2.22. The summed E-state index contributed by atoms with van der Waals surface area (Å²) in [5.74, 6) is 2.27. The number of nitrogens with one attached hydrogen (secondary N) is 2. The van der Waals surface area contributed by atoms with Crippen LogP contribution in [0.2, 0.25) is 0 Å². The summed E-state index contributed by atoms with van der Waals surface area (Å²) in [5, 5.41) is 15.2. The maximum absolute atomic E-state index is 13.9. The van der Waals surface area contributed by atoms with Gasteiger partial charge in [-0.15, -0.1) is 34.2 Å². The smallest absolute Gasteiger partial charge is 0.191 e. The van der Waals surface area contributed by atoms with Crippen LogP contribution in [0.5, 0.6) is 0 Å². The van der Waals surface area contributed by atoms with Gasteiger partial charge in [-0.25, -0.2) is 4.39 Å². The Labute approximate surface area is 196 Å². The second kappa shape index (κ2) is 12.9. The van der Waals surface area contributed by atoms with E-state index in [1.165, 1.54) is 31.7 Å². The van der Waals surface area contributed by atoms with E-state index in [9.17, 15) is 4.39 Å². The second-order valence-electron chi connectivity index (χ2n) is 7.81. The van der Waals surface area contributed by atoms with E-state index in [1.54, 1.807) is 12.4 Å². The van der Waals surface area contributed by atoms with Crippen molar-refractivity contribution in [1.82, 2.24) is 25.4 Å². The van der Waals surface area contributed by atoms with Gasteiger partial charge in [0.05, 0.1) is 0 Å². The first kappa shape index (κ1) is 24.6. The Morgan fingerprint density at radius 2 is 2.07 bits per heavy atom. The summed E-state index contributed by atoms with van der Waals surface area (Å²) in [5.41, 5.74) is 0.707. The van der Waals surface area contributed by atoms with Crippen molar-refractivity contribution in [2.45, 2.75) is 65.0 Å². The summed E-state index contributed by atoms with van der Waals surface area (Å²) >= 11 is 0. The van der Waals surface area contributed by atoms with Gasteiger partial charge >= 0.3 is 0 Å². The molecule has 0 saturated heterocycles. The molecule has 1 aromatic carbocycles. The Morgan fingerprint density at radius 3 is 2.83 bits per heavy atom. The topological polar surface area (TPSA) is 67.1 Å². The fraction of sp³-hybridized carbons (Fsp3) is 0.591. The molecule has 2 atom stereocenters. The number of aryl methyl sites for hydroxylation is 1. The number of benzene rings is 1. The van der Waals surface area contributed by atoms with Crippen LogP contribution in [0.15, 0.2) is 35.6 Å². The van der Waals surface area contributed by atoms with Crippen molar-refractivity contribution in [3.05, 3.63) is 47.8 Å². The Balaban J connectivity index is 0.00000320. The van der Waals surface area contributed by atoms with E-state index in [0.717, 1.165) is 31.3 Å². The molecule has 1 aliphatic carbocycles. The fourth-order valence-corrected chi connectivity index (χ4v) is 3.88. The lowest BCUT2D eigenvalue weighted by Gasteiger charge is -2.31. The number of aliphatic imine (C=N–C) groups is 1. The fourth-order valence-electron chi connectivity index (χ4n) is 3.88. The number of guanidine groups is 1. The summed E-state index contributed by atoms with van der Waals surface area (Å²) in [7, 11) is 0. The van der Waals surface area contributed by atoms with Gasteiger partial charge in [0.1, 0.15) is 18.0 Å². The molecule has 2 N–H and O–H groups in total. The van der Waals surface area contributed by atoms with E-state index in [-0.39, 0.29) is 29.8 Å². The minimum absolute atomic E-state index is 0. The van der Waals surface area contributed by atoms with E-state index in [0.29, 0.717) is 30.5 Å². The first-order valence-electron chi connectivity index (χ1n) is 10.8. The van der Waals surface area contributed by atoms with Crippen LogP contribution in [-0.2, 0) is 19.4 Å². The van der Waals surface area contributed by atoms with Gasteiger partial charge < -0.3 is 15.2 Å². The molecule has 0 aliphatic heterocycles. The van der Waals surface area contributed by atoms with Gasteiger partial charge in [-0.2, -0.15) is 0 Å². The van der Waals surface area contributed by atoms with Crippen LogP contribution in [-0.4, -0.2) is 39.9 Å². The minimum Gasteiger partial charge on any atom is -0.355 e. The molecule has 1 heterocycles. The molecule has 30 heavy (non-hydrogen) atoms. The van der Waals surface area contributed by atoms with E-state index in [2.05, 4.69) is 39.2 Å². The van der Waals surface area contributed by atoms with Crippen molar-refractivity contribution in [2.75, 3.05) is 13.1 Å². The highest BCUT2D eigenvalue weighted by atomic mass is 127. The van der Waals surface area contributed by atoms with Crippen LogP contribution in [0.1, 0.15) is 50.9 Å². The lowest BCUT2D eigenvalue weighted by atomic mass is 9.86. The minimum atomic E-state index is -0.161. The molecule has 0 radical (unpaired) electrons. The molecule has 2 aromatic rings. The molecular formula is C22H34FIN6. The van der Waals surface area contributed by atoms with Crippen molar-refractivity contribution < 1.29 is 4.39 Å². The Kier molecular flexibility index (Phi) is 10.5. The molecule has 1 aliphatic rings. The van der Waals surface area contributed by atoms with E-state index in [4.69, 9.17) is 4.99 Å². The first-order chi connectivity index (χ1) is 14.2. The quantitative estimate of drug-likeness (QED) is 0.310. The summed E-state index contributed by atoms with van der Waals surface area (Å²) in [4.78, 5) is 4.74. The number of nitrogens with zero attached hydrogens (tertiary/aromatic N) is 4. The van der Waals surface area contributed by atoms with Crippen molar-refractivity contribution >= 4 is 29.9 Å². The Bertz CT molecular complexity index is 793. The predicted molar refractivity (Wildman–Crippen MR) is 130 cm³/mol. The van der Waals surface area contributed by atoms with Crippen LogP contribution in [0.25, 0.3) is 0 Å². The van der Waals surface area contributed by atoms with Gasteiger partial charge in [0, 0.05) is 32.1 Å². The third kappa shape index (κ3) is 7.21. The monoisotopic (exact) mass is 528 g/mol. The maximum Gasteiger partial charge on any atom is 0.191 e. The van der Waals surface area contributed by atoms with Gasteiger partial charge in [0.25, 0.3) is 0 Å². The highest BCUT2D eigenvalue weighted by molar-refractivity contribution is 14.0. The molecule has 3 rings (SSSR count). The summed E-state index contributed by atoms with van der Waals surface area (Å²) in [6.07, 6.45) is 8.20. The molecule has 1 saturated carbocycles. The molecule has 1 fully saturated rings. The maximum atomic E-state index is 13.9. The Hall–Kier alpha value is -1.71. The van der Waals surface area contributed by atoms with E-state index >= 15 is 0 Å². The van der Waals surface area contributed by atoms with Crippen molar-refractivity contribution in [3.63, 3.8) is 0 Å². The molecule has 6 nitrogen and oxygen atoms in total. The van der Waals surface area contributed by atoms with Gasteiger partial charge in [-0.1, -0.05) is 44.9 Å².